The van der Waals surface area contributed by atoms with Crippen LogP contribution >= 0.6 is 11.8 Å². The fourth-order valence-corrected chi connectivity index (χ4v) is 2.53. The molecule has 0 aliphatic carbocycles. The van der Waals surface area contributed by atoms with Gasteiger partial charge < -0.3 is 9.64 Å². The number of amides is 1. The van der Waals surface area contributed by atoms with Crippen molar-refractivity contribution in [2.45, 2.75) is 24.5 Å². The molecule has 0 bridgehead atoms. The van der Waals surface area contributed by atoms with Crippen molar-refractivity contribution in [2.24, 2.45) is 7.05 Å². The van der Waals surface area contributed by atoms with Gasteiger partial charge in [-0.2, -0.15) is 5.10 Å². The van der Waals surface area contributed by atoms with Gasteiger partial charge in [0.25, 0.3) is 5.91 Å². The smallest absolute Gasteiger partial charge is 0.263 e. The highest BCUT2D eigenvalue weighted by molar-refractivity contribution is 7.98. The zero-order chi connectivity index (χ0) is 16.1. The van der Waals surface area contributed by atoms with Crippen molar-refractivity contribution in [2.75, 3.05) is 13.3 Å². The molecule has 0 radical (unpaired) electrons. The van der Waals surface area contributed by atoms with Crippen molar-refractivity contribution in [1.29, 1.82) is 0 Å². The van der Waals surface area contributed by atoms with Gasteiger partial charge in [0.1, 0.15) is 5.75 Å². The molecule has 22 heavy (non-hydrogen) atoms. The second-order valence-electron chi connectivity index (χ2n) is 5.15. The Kier molecular flexibility index (Phi) is 5.49. The molecule has 2 aromatic rings. The number of aryl methyl sites for hydroxylation is 1. The Morgan fingerprint density at radius 1 is 1.41 bits per heavy atom. The van der Waals surface area contributed by atoms with Crippen molar-refractivity contribution in [3.63, 3.8) is 0 Å². The molecule has 1 aromatic carbocycles. The van der Waals surface area contributed by atoms with E-state index in [0.29, 0.717) is 12.3 Å². The molecule has 1 atom stereocenters. The van der Waals surface area contributed by atoms with Crippen LogP contribution in [0.1, 0.15) is 12.5 Å². The molecule has 0 saturated carbocycles. The Morgan fingerprint density at radius 2 is 2.09 bits per heavy atom. The van der Waals surface area contributed by atoms with Crippen LogP contribution < -0.4 is 4.74 Å². The Morgan fingerprint density at radius 3 is 2.64 bits per heavy atom. The number of benzene rings is 1. The Labute approximate surface area is 135 Å². The highest BCUT2D eigenvalue weighted by atomic mass is 32.2. The molecule has 5 nitrogen and oxygen atoms in total. The molecule has 0 N–H and O–H groups in total. The number of aromatic nitrogens is 2. The maximum Gasteiger partial charge on any atom is 0.263 e. The number of hydrogen-bond donors (Lipinski definition) is 0. The van der Waals surface area contributed by atoms with Crippen LogP contribution in [0.15, 0.2) is 41.6 Å². The molecule has 1 heterocycles. The lowest BCUT2D eigenvalue weighted by Crippen LogP contribution is -2.37. The van der Waals surface area contributed by atoms with Crippen LogP contribution in [-0.2, 0) is 18.4 Å². The maximum absolute atomic E-state index is 12.4. The van der Waals surface area contributed by atoms with E-state index in [0.717, 1.165) is 5.56 Å². The average Bonchev–Trinajstić information content (AvgIpc) is 2.92. The molecular weight excluding hydrogens is 298 g/mol. The van der Waals surface area contributed by atoms with E-state index in [1.165, 1.54) is 4.90 Å². The number of thioether (sulfide) groups is 1. The van der Waals surface area contributed by atoms with Gasteiger partial charge >= 0.3 is 0 Å². The van der Waals surface area contributed by atoms with Crippen LogP contribution in [0.2, 0.25) is 0 Å². The number of rotatable bonds is 6. The fraction of sp³-hybridized carbons (Fsp3) is 0.375. The summed E-state index contributed by atoms with van der Waals surface area (Å²) in [6.45, 7) is 2.29. The van der Waals surface area contributed by atoms with Gasteiger partial charge in [0.15, 0.2) is 6.10 Å². The number of carbonyl (C=O) groups excluding carboxylic acids is 1. The lowest BCUT2D eigenvalue weighted by Gasteiger charge is -2.21. The molecule has 0 spiro atoms. The van der Waals surface area contributed by atoms with Gasteiger partial charge in [0, 0.05) is 37.3 Å². The quantitative estimate of drug-likeness (QED) is 0.768. The number of carbonyl (C=O) groups is 1. The molecule has 0 aliphatic heterocycles. The topological polar surface area (TPSA) is 47.4 Å². The Hall–Kier alpha value is -1.95. The van der Waals surface area contributed by atoms with Crippen LogP contribution in [-0.4, -0.2) is 40.0 Å². The van der Waals surface area contributed by atoms with E-state index >= 15 is 0 Å². The number of ether oxygens (including phenoxy) is 1. The van der Waals surface area contributed by atoms with Gasteiger partial charge in [-0.25, -0.2) is 0 Å². The first kappa shape index (κ1) is 16.4. The molecule has 1 aromatic heterocycles. The number of likely N-dealkylation sites (N-methyl/N-ethyl adjacent to an activating group) is 1. The van der Waals surface area contributed by atoms with Crippen molar-refractivity contribution in [3.05, 3.63) is 42.2 Å². The van der Waals surface area contributed by atoms with E-state index in [9.17, 15) is 4.79 Å². The summed E-state index contributed by atoms with van der Waals surface area (Å²) in [7, 11) is 3.63. The van der Waals surface area contributed by atoms with Crippen molar-refractivity contribution < 1.29 is 9.53 Å². The van der Waals surface area contributed by atoms with Crippen LogP contribution in [0.5, 0.6) is 5.75 Å². The third-order valence-electron chi connectivity index (χ3n) is 3.27. The molecule has 1 amide bonds. The molecule has 6 heteroatoms. The third-order valence-corrected chi connectivity index (χ3v) is 4.02. The molecule has 0 fully saturated rings. The van der Waals surface area contributed by atoms with Crippen LogP contribution in [0.25, 0.3) is 0 Å². The highest BCUT2D eigenvalue weighted by Crippen LogP contribution is 2.20. The summed E-state index contributed by atoms with van der Waals surface area (Å²) in [6.07, 6.45) is 5.16. The van der Waals surface area contributed by atoms with Gasteiger partial charge in [0.05, 0.1) is 6.20 Å². The molecule has 0 aliphatic rings. The SMILES string of the molecule is CSc1ccc(O[C@H](C)C(=O)N(C)Cc2cnn(C)c2)cc1. The van der Waals surface area contributed by atoms with Gasteiger partial charge in [-0.3, -0.25) is 9.48 Å². The molecule has 0 unspecified atom stereocenters. The van der Waals surface area contributed by atoms with Gasteiger partial charge in [0.2, 0.25) is 0 Å². The second kappa shape index (κ2) is 7.35. The van der Waals surface area contributed by atoms with E-state index in [2.05, 4.69) is 5.10 Å². The predicted molar refractivity (Wildman–Crippen MR) is 88.0 cm³/mol. The average molecular weight is 319 g/mol. The van der Waals surface area contributed by atoms with Crippen molar-refractivity contribution in [1.82, 2.24) is 14.7 Å². The van der Waals surface area contributed by atoms with Gasteiger partial charge in [-0.15, -0.1) is 11.8 Å². The van der Waals surface area contributed by atoms with Crippen LogP contribution in [0.3, 0.4) is 0 Å². The normalized spacial score (nSPS) is 12.0. The van der Waals surface area contributed by atoms with Crippen LogP contribution in [0.4, 0.5) is 0 Å². The largest absolute Gasteiger partial charge is 0.481 e. The molecule has 0 saturated heterocycles. The Balaban J connectivity index is 1.92. The second-order valence-corrected chi connectivity index (χ2v) is 6.03. The zero-order valence-corrected chi connectivity index (χ0v) is 14.1. The lowest BCUT2D eigenvalue weighted by molar-refractivity contribution is -0.137. The summed E-state index contributed by atoms with van der Waals surface area (Å²) in [5.41, 5.74) is 0.995. The monoisotopic (exact) mass is 319 g/mol. The van der Waals surface area contributed by atoms with Gasteiger partial charge in [-0.1, -0.05) is 0 Å². The summed E-state index contributed by atoms with van der Waals surface area (Å²) in [5, 5.41) is 4.10. The van der Waals surface area contributed by atoms with E-state index in [-0.39, 0.29) is 5.91 Å². The first-order chi connectivity index (χ1) is 10.5. The lowest BCUT2D eigenvalue weighted by atomic mass is 10.3. The van der Waals surface area contributed by atoms with Crippen LogP contribution in [0, 0.1) is 0 Å². The molecule has 2 rings (SSSR count). The fourth-order valence-electron chi connectivity index (χ4n) is 2.12. The summed E-state index contributed by atoms with van der Waals surface area (Å²) >= 11 is 1.67. The summed E-state index contributed by atoms with van der Waals surface area (Å²) in [4.78, 5) is 15.2. The summed E-state index contributed by atoms with van der Waals surface area (Å²) in [6, 6.07) is 7.74. The van der Waals surface area contributed by atoms with E-state index in [1.54, 1.807) is 41.5 Å². The minimum absolute atomic E-state index is 0.0576. The molecule has 118 valence electrons. The first-order valence-corrected chi connectivity index (χ1v) is 8.25. The first-order valence-electron chi connectivity index (χ1n) is 7.03. The standard InChI is InChI=1S/C16H21N3O2S/c1-12(21-14-5-7-15(22-4)8-6-14)16(20)18(2)10-13-9-17-19(3)11-13/h5-9,11-12H,10H2,1-4H3/t12-/m1/s1. The third kappa shape index (κ3) is 4.27. The van der Waals surface area contributed by atoms with E-state index < -0.39 is 6.10 Å². The van der Waals surface area contributed by atoms with Crippen molar-refractivity contribution >= 4 is 17.7 Å². The molecular formula is C16H21N3O2S. The zero-order valence-electron chi connectivity index (χ0n) is 13.3. The Bertz CT molecular complexity index is 625. The van der Waals surface area contributed by atoms with E-state index in [1.807, 2.05) is 43.8 Å². The summed E-state index contributed by atoms with van der Waals surface area (Å²) in [5.74, 6) is 0.645. The summed E-state index contributed by atoms with van der Waals surface area (Å²) < 4.78 is 7.44. The predicted octanol–water partition coefficient (Wildman–Crippen LogP) is 2.57. The maximum atomic E-state index is 12.4. The highest BCUT2D eigenvalue weighted by Gasteiger charge is 2.19. The minimum Gasteiger partial charge on any atom is -0.481 e. The van der Waals surface area contributed by atoms with Crippen molar-refractivity contribution in [3.8, 4) is 5.75 Å². The number of hydrogen-bond acceptors (Lipinski definition) is 4. The van der Waals surface area contributed by atoms with Gasteiger partial charge in [-0.05, 0) is 37.4 Å². The number of nitrogens with zero attached hydrogens (tertiary/aromatic N) is 3. The van der Waals surface area contributed by atoms with E-state index in [4.69, 9.17) is 4.74 Å². The minimum atomic E-state index is -0.526.